The number of nitrogens with zero attached hydrogens (tertiary/aromatic N) is 2. The number of amides is 2. The Bertz CT molecular complexity index is 728. The zero-order valence-electron chi connectivity index (χ0n) is 10.5. The lowest BCUT2D eigenvalue weighted by atomic mass is 10.3. The van der Waals surface area contributed by atoms with Crippen LogP contribution in [0.4, 0.5) is 11.4 Å². The predicted molar refractivity (Wildman–Crippen MR) is 69.4 cm³/mol. The number of nitro benzene ring substituents is 1. The van der Waals surface area contributed by atoms with E-state index < -0.39 is 45.5 Å². The summed E-state index contributed by atoms with van der Waals surface area (Å²) in [5.74, 6) is -1.49. The van der Waals surface area contributed by atoms with Gasteiger partial charge < -0.3 is 5.73 Å². The summed E-state index contributed by atoms with van der Waals surface area (Å²) in [5.41, 5.74) is 4.68. The van der Waals surface area contributed by atoms with Crippen LogP contribution in [0.2, 0.25) is 0 Å². The third-order valence-corrected chi connectivity index (χ3v) is 4.54. The average molecular weight is 314 g/mol. The maximum atomic E-state index is 12.3. The Kier molecular flexibility index (Phi) is 3.61. The molecule has 3 N–H and O–H groups in total. The molecule has 0 aromatic heterocycles. The molecule has 2 amide bonds. The van der Waals surface area contributed by atoms with Gasteiger partial charge in [-0.2, -0.15) is 4.31 Å². The molecule has 0 aliphatic carbocycles. The van der Waals surface area contributed by atoms with Crippen molar-refractivity contribution in [2.45, 2.75) is 4.90 Å². The highest BCUT2D eigenvalue weighted by atomic mass is 32.2. The highest BCUT2D eigenvalue weighted by molar-refractivity contribution is 7.89. The lowest BCUT2D eigenvalue weighted by Gasteiger charge is -2.24. The number of nitrogen functional groups attached to an aromatic ring is 1. The van der Waals surface area contributed by atoms with Gasteiger partial charge in [-0.15, -0.1) is 0 Å². The molecule has 10 nitrogen and oxygen atoms in total. The molecule has 0 radical (unpaired) electrons. The third kappa shape index (κ3) is 2.83. The molecule has 1 fully saturated rings. The lowest BCUT2D eigenvalue weighted by Crippen LogP contribution is -2.53. The van der Waals surface area contributed by atoms with E-state index in [9.17, 15) is 28.1 Å². The lowest BCUT2D eigenvalue weighted by molar-refractivity contribution is -0.383. The van der Waals surface area contributed by atoms with Crippen molar-refractivity contribution in [2.24, 2.45) is 0 Å². The van der Waals surface area contributed by atoms with Crippen LogP contribution in [0.15, 0.2) is 23.1 Å². The van der Waals surface area contributed by atoms with Crippen LogP contribution in [0, 0.1) is 10.1 Å². The second-order valence-corrected chi connectivity index (χ2v) is 6.16. The summed E-state index contributed by atoms with van der Waals surface area (Å²) in [7, 11) is -4.14. The molecule has 1 aliphatic rings. The van der Waals surface area contributed by atoms with Gasteiger partial charge in [-0.05, 0) is 12.1 Å². The van der Waals surface area contributed by atoms with Gasteiger partial charge in [0, 0.05) is 6.07 Å². The molecule has 11 heteroatoms. The van der Waals surface area contributed by atoms with Crippen LogP contribution in [0.1, 0.15) is 0 Å². The van der Waals surface area contributed by atoms with Crippen molar-refractivity contribution < 1.29 is 22.9 Å². The SMILES string of the molecule is Nc1cc(S(=O)(=O)N2CC(=O)NC(=O)C2)ccc1[N+](=O)[O-]. The van der Waals surface area contributed by atoms with E-state index in [1.807, 2.05) is 5.32 Å². The van der Waals surface area contributed by atoms with Crippen LogP contribution in [0.25, 0.3) is 0 Å². The maximum Gasteiger partial charge on any atom is 0.292 e. The predicted octanol–water partition coefficient (Wildman–Crippen LogP) is -1.18. The molecular formula is C10H10N4O6S. The number of nitrogens with two attached hydrogens (primary N) is 1. The van der Waals surface area contributed by atoms with Gasteiger partial charge in [0.1, 0.15) is 5.69 Å². The minimum Gasteiger partial charge on any atom is -0.393 e. The molecule has 0 saturated carbocycles. The van der Waals surface area contributed by atoms with Gasteiger partial charge in [-0.1, -0.05) is 0 Å². The highest BCUT2D eigenvalue weighted by Crippen LogP contribution is 2.26. The number of sulfonamides is 1. The van der Waals surface area contributed by atoms with Crippen LogP contribution < -0.4 is 11.1 Å². The van der Waals surface area contributed by atoms with Crippen molar-refractivity contribution in [1.29, 1.82) is 0 Å². The number of benzene rings is 1. The average Bonchev–Trinajstić information content (AvgIpc) is 2.36. The zero-order valence-corrected chi connectivity index (χ0v) is 11.3. The van der Waals surface area contributed by atoms with Crippen molar-refractivity contribution in [3.05, 3.63) is 28.3 Å². The number of hydrogen-bond donors (Lipinski definition) is 2. The molecule has 1 aromatic carbocycles. The molecule has 1 aromatic rings. The van der Waals surface area contributed by atoms with E-state index in [0.717, 1.165) is 18.2 Å². The molecule has 1 aliphatic heterocycles. The molecule has 112 valence electrons. The van der Waals surface area contributed by atoms with Crippen LogP contribution in [-0.2, 0) is 19.6 Å². The fourth-order valence-corrected chi connectivity index (χ4v) is 3.18. The number of nitrogens with one attached hydrogen (secondary N) is 1. The standard InChI is InChI=1S/C10H10N4O6S/c11-7-3-6(1-2-8(7)14(17)18)21(19,20)13-4-9(15)12-10(16)5-13/h1-3H,4-5,11H2,(H,12,15,16). The Morgan fingerprint density at radius 3 is 2.29 bits per heavy atom. The Balaban J connectivity index is 2.40. The number of piperazine rings is 1. The summed E-state index contributed by atoms with van der Waals surface area (Å²) in [6.07, 6.45) is 0. The number of imide groups is 1. The first kappa shape index (κ1) is 14.9. The van der Waals surface area contributed by atoms with Gasteiger partial charge >= 0.3 is 0 Å². The maximum absolute atomic E-state index is 12.3. The van der Waals surface area contributed by atoms with E-state index in [4.69, 9.17) is 5.73 Å². The van der Waals surface area contributed by atoms with Crippen LogP contribution in [-0.4, -0.2) is 42.6 Å². The first-order valence-corrected chi connectivity index (χ1v) is 7.02. The Morgan fingerprint density at radius 1 is 1.24 bits per heavy atom. The van der Waals surface area contributed by atoms with Gasteiger partial charge in [0.2, 0.25) is 21.8 Å². The summed E-state index contributed by atoms with van der Waals surface area (Å²) in [6.45, 7) is -1.02. The van der Waals surface area contributed by atoms with Crippen LogP contribution >= 0.6 is 0 Å². The number of hydrogen-bond acceptors (Lipinski definition) is 7. The van der Waals surface area contributed by atoms with Gasteiger partial charge in [-0.25, -0.2) is 8.42 Å². The molecule has 21 heavy (non-hydrogen) atoms. The van der Waals surface area contributed by atoms with Crippen molar-refractivity contribution in [3.63, 3.8) is 0 Å². The number of rotatable bonds is 3. The molecule has 1 saturated heterocycles. The van der Waals surface area contributed by atoms with E-state index >= 15 is 0 Å². The number of nitro groups is 1. The van der Waals surface area contributed by atoms with E-state index in [-0.39, 0.29) is 10.6 Å². The molecule has 2 rings (SSSR count). The first-order chi connectivity index (χ1) is 9.71. The van der Waals surface area contributed by atoms with E-state index in [2.05, 4.69) is 0 Å². The molecule has 1 heterocycles. The Morgan fingerprint density at radius 2 is 1.81 bits per heavy atom. The quantitative estimate of drug-likeness (QED) is 0.308. The Hall–Kier alpha value is -2.53. The van der Waals surface area contributed by atoms with Crippen molar-refractivity contribution in [2.75, 3.05) is 18.8 Å². The second kappa shape index (κ2) is 5.10. The van der Waals surface area contributed by atoms with Gasteiger partial charge in [0.15, 0.2) is 0 Å². The van der Waals surface area contributed by atoms with Crippen molar-refractivity contribution in [3.8, 4) is 0 Å². The summed E-state index contributed by atoms with van der Waals surface area (Å²) >= 11 is 0. The smallest absolute Gasteiger partial charge is 0.292 e. The van der Waals surface area contributed by atoms with Gasteiger partial charge in [0.25, 0.3) is 5.69 Å². The summed E-state index contributed by atoms with van der Waals surface area (Å²) in [4.78, 5) is 32.0. The van der Waals surface area contributed by atoms with Crippen molar-refractivity contribution in [1.82, 2.24) is 9.62 Å². The van der Waals surface area contributed by atoms with Gasteiger partial charge in [-0.3, -0.25) is 25.0 Å². The van der Waals surface area contributed by atoms with Crippen LogP contribution in [0.5, 0.6) is 0 Å². The fraction of sp³-hybridized carbons (Fsp3) is 0.200. The third-order valence-electron chi connectivity index (χ3n) is 2.75. The fourth-order valence-electron chi connectivity index (χ4n) is 1.79. The van der Waals surface area contributed by atoms with E-state index in [1.54, 1.807) is 0 Å². The highest BCUT2D eigenvalue weighted by Gasteiger charge is 2.33. The number of carbonyl (C=O) groups excluding carboxylic acids is 2. The largest absolute Gasteiger partial charge is 0.393 e. The van der Waals surface area contributed by atoms with Crippen molar-refractivity contribution >= 4 is 33.2 Å². The zero-order chi connectivity index (χ0) is 15.8. The first-order valence-electron chi connectivity index (χ1n) is 5.58. The second-order valence-electron chi connectivity index (χ2n) is 4.22. The molecule has 0 unspecified atom stereocenters. The molecular weight excluding hydrogens is 304 g/mol. The molecule has 0 spiro atoms. The summed E-state index contributed by atoms with van der Waals surface area (Å²) in [6, 6.07) is 2.87. The Labute approximate surface area is 118 Å². The minimum atomic E-state index is -4.14. The topological polar surface area (TPSA) is 153 Å². The summed E-state index contributed by atoms with van der Waals surface area (Å²) in [5, 5.41) is 12.6. The monoisotopic (exact) mass is 314 g/mol. The molecule has 0 bridgehead atoms. The van der Waals surface area contributed by atoms with E-state index in [1.165, 1.54) is 0 Å². The summed E-state index contributed by atoms with van der Waals surface area (Å²) < 4.78 is 25.2. The number of carbonyl (C=O) groups is 2. The minimum absolute atomic E-state index is 0.325. The normalized spacial score (nSPS) is 16.6. The number of anilines is 1. The molecule has 0 atom stereocenters. The van der Waals surface area contributed by atoms with E-state index in [0.29, 0.717) is 4.31 Å². The van der Waals surface area contributed by atoms with Crippen LogP contribution in [0.3, 0.4) is 0 Å². The van der Waals surface area contributed by atoms with Gasteiger partial charge in [0.05, 0.1) is 22.9 Å².